The highest BCUT2D eigenvalue weighted by Crippen LogP contribution is 2.22. The van der Waals surface area contributed by atoms with Gasteiger partial charge in [0, 0.05) is 0 Å². The number of ether oxygens (including phenoxy) is 1. The molecule has 0 saturated heterocycles. The number of rotatable bonds is 4. The minimum Gasteiger partial charge on any atom is -0.480 e. The molecule has 0 heterocycles. The molecule has 0 aliphatic heterocycles. The van der Waals surface area contributed by atoms with Crippen LogP contribution >= 0.6 is 0 Å². The van der Waals surface area contributed by atoms with Crippen molar-refractivity contribution < 1.29 is 14.6 Å². The maximum Gasteiger partial charge on any atom is 0.329 e. The van der Waals surface area contributed by atoms with E-state index in [4.69, 9.17) is 9.84 Å². The van der Waals surface area contributed by atoms with Crippen LogP contribution in [0.5, 0.6) is 0 Å². The number of hydrogen-bond acceptors (Lipinski definition) is 2. The van der Waals surface area contributed by atoms with E-state index in [-0.39, 0.29) is 12.7 Å². The lowest BCUT2D eigenvalue weighted by Gasteiger charge is -2.12. The zero-order valence-corrected chi connectivity index (χ0v) is 9.59. The fourth-order valence-electron chi connectivity index (χ4n) is 1.75. The van der Waals surface area contributed by atoms with Crippen molar-refractivity contribution in [3.8, 4) is 0 Å². The molecule has 2 aromatic rings. The Morgan fingerprint density at radius 1 is 1.24 bits per heavy atom. The molecule has 17 heavy (non-hydrogen) atoms. The average molecular weight is 230 g/mol. The number of aliphatic carboxylic acids is 1. The summed E-state index contributed by atoms with van der Waals surface area (Å²) < 4.78 is 5.24. The van der Waals surface area contributed by atoms with Crippen LogP contribution in [0.2, 0.25) is 0 Å². The van der Waals surface area contributed by atoms with Gasteiger partial charge in [-0.05, 0) is 29.3 Å². The van der Waals surface area contributed by atoms with E-state index in [2.05, 4.69) is 0 Å². The Morgan fingerprint density at radius 2 is 1.94 bits per heavy atom. The maximum atomic E-state index is 10.4. The fraction of sp³-hybridized carbons (Fsp3) is 0.214. The van der Waals surface area contributed by atoms with Gasteiger partial charge in [-0.3, -0.25) is 0 Å². The van der Waals surface area contributed by atoms with Crippen molar-refractivity contribution in [1.29, 1.82) is 0 Å². The Balaban J connectivity index is 2.20. The first kappa shape index (κ1) is 11.6. The molecule has 0 aliphatic rings. The van der Waals surface area contributed by atoms with Crippen molar-refractivity contribution in [3.05, 3.63) is 48.0 Å². The first-order chi connectivity index (χ1) is 8.16. The van der Waals surface area contributed by atoms with Gasteiger partial charge in [-0.1, -0.05) is 36.4 Å². The highest BCUT2D eigenvalue weighted by molar-refractivity contribution is 5.83. The van der Waals surface area contributed by atoms with Crippen LogP contribution in [-0.4, -0.2) is 17.7 Å². The van der Waals surface area contributed by atoms with Crippen molar-refractivity contribution in [2.24, 2.45) is 0 Å². The second-order valence-electron chi connectivity index (χ2n) is 3.95. The van der Waals surface area contributed by atoms with E-state index in [0.717, 1.165) is 10.9 Å². The molecule has 0 fully saturated rings. The maximum absolute atomic E-state index is 10.4. The molecule has 88 valence electrons. The van der Waals surface area contributed by atoms with Gasteiger partial charge in [0.25, 0.3) is 0 Å². The second kappa shape index (κ2) is 4.97. The number of benzene rings is 2. The average Bonchev–Trinajstić information content (AvgIpc) is 2.35. The van der Waals surface area contributed by atoms with Crippen LogP contribution < -0.4 is 0 Å². The first-order valence-electron chi connectivity index (χ1n) is 5.49. The lowest BCUT2D eigenvalue weighted by molar-refractivity contribution is -0.144. The normalized spacial score (nSPS) is 12.5. The summed E-state index contributed by atoms with van der Waals surface area (Å²) in [4.78, 5) is 10.4. The molecule has 0 amide bonds. The topological polar surface area (TPSA) is 46.5 Å². The zero-order valence-electron chi connectivity index (χ0n) is 9.59. The van der Waals surface area contributed by atoms with Crippen molar-refractivity contribution in [2.75, 3.05) is 6.61 Å². The molecule has 0 bridgehead atoms. The molecular weight excluding hydrogens is 216 g/mol. The molecule has 0 aromatic heterocycles. The van der Waals surface area contributed by atoms with Gasteiger partial charge in [-0.25, -0.2) is 4.79 Å². The van der Waals surface area contributed by atoms with Gasteiger partial charge in [-0.2, -0.15) is 0 Å². The van der Waals surface area contributed by atoms with Crippen molar-refractivity contribution in [1.82, 2.24) is 0 Å². The molecule has 2 aromatic carbocycles. The highest BCUT2D eigenvalue weighted by Gasteiger charge is 2.08. The van der Waals surface area contributed by atoms with Crippen LogP contribution in [0, 0.1) is 0 Å². The Bertz CT molecular complexity index is 534. The van der Waals surface area contributed by atoms with Gasteiger partial charge in [0.1, 0.15) is 6.61 Å². The van der Waals surface area contributed by atoms with Crippen LogP contribution in [0.3, 0.4) is 0 Å². The predicted molar refractivity (Wildman–Crippen MR) is 66.0 cm³/mol. The summed E-state index contributed by atoms with van der Waals surface area (Å²) in [5.41, 5.74) is 0.991. The summed E-state index contributed by atoms with van der Waals surface area (Å²) in [6.45, 7) is 1.58. The second-order valence-corrected chi connectivity index (χ2v) is 3.95. The number of carboxylic acid groups (broad SMARTS) is 1. The molecule has 0 spiro atoms. The summed E-state index contributed by atoms with van der Waals surface area (Å²) in [7, 11) is 0. The van der Waals surface area contributed by atoms with Gasteiger partial charge < -0.3 is 9.84 Å². The quantitative estimate of drug-likeness (QED) is 0.878. The molecule has 1 atom stereocenters. The molecule has 1 unspecified atom stereocenters. The Labute approximate surface area is 99.6 Å². The molecule has 3 nitrogen and oxygen atoms in total. The molecule has 2 rings (SSSR count). The summed E-state index contributed by atoms with van der Waals surface area (Å²) in [5, 5.41) is 10.9. The Morgan fingerprint density at radius 3 is 2.65 bits per heavy atom. The number of carboxylic acids is 1. The lowest BCUT2D eigenvalue weighted by Crippen LogP contribution is -2.09. The van der Waals surface area contributed by atoms with Gasteiger partial charge in [0.15, 0.2) is 0 Å². The predicted octanol–water partition coefficient (Wildman–Crippen LogP) is 3.00. The molecule has 0 saturated carbocycles. The summed E-state index contributed by atoms with van der Waals surface area (Å²) >= 11 is 0. The van der Waals surface area contributed by atoms with Crippen molar-refractivity contribution in [2.45, 2.75) is 13.0 Å². The smallest absolute Gasteiger partial charge is 0.329 e. The molecular formula is C14H14O3. The van der Waals surface area contributed by atoms with E-state index in [9.17, 15) is 4.79 Å². The van der Waals surface area contributed by atoms with Crippen molar-refractivity contribution in [3.63, 3.8) is 0 Å². The SMILES string of the molecule is CC(OCC(=O)O)c1ccc2ccccc2c1. The first-order valence-corrected chi connectivity index (χ1v) is 5.49. The van der Waals surface area contributed by atoms with Gasteiger partial charge >= 0.3 is 5.97 Å². The molecule has 0 radical (unpaired) electrons. The van der Waals surface area contributed by atoms with Gasteiger partial charge in [0.05, 0.1) is 6.10 Å². The molecule has 0 aliphatic carbocycles. The van der Waals surface area contributed by atoms with Crippen molar-refractivity contribution >= 4 is 16.7 Å². The molecule has 3 heteroatoms. The van der Waals surface area contributed by atoms with Crippen LogP contribution in [0.15, 0.2) is 42.5 Å². The fourth-order valence-corrected chi connectivity index (χ4v) is 1.75. The third-order valence-electron chi connectivity index (χ3n) is 2.70. The largest absolute Gasteiger partial charge is 0.480 e. The summed E-state index contributed by atoms with van der Waals surface area (Å²) in [6, 6.07) is 14.1. The Hall–Kier alpha value is -1.87. The van der Waals surface area contributed by atoms with Crippen LogP contribution in [0.4, 0.5) is 0 Å². The van der Waals surface area contributed by atoms with Gasteiger partial charge in [0.2, 0.25) is 0 Å². The summed E-state index contributed by atoms with van der Waals surface area (Å²) in [5.74, 6) is -0.947. The highest BCUT2D eigenvalue weighted by atomic mass is 16.5. The molecule has 1 N–H and O–H groups in total. The van der Waals surface area contributed by atoms with E-state index < -0.39 is 5.97 Å². The standard InChI is InChI=1S/C14H14O3/c1-10(17-9-14(15)16)12-7-6-11-4-2-3-5-13(11)8-12/h2-8,10H,9H2,1H3,(H,15,16). The number of hydrogen-bond donors (Lipinski definition) is 1. The number of fused-ring (bicyclic) bond motifs is 1. The Kier molecular flexibility index (Phi) is 3.40. The van der Waals surface area contributed by atoms with Crippen LogP contribution in [-0.2, 0) is 9.53 Å². The third-order valence-corrected chi connectivity index (χ3v) is 2.70. The minimum atomic E-state index is -0.947. The number of carbonyl (C=O) groups is 1. The van der Waals surface area contributed by atoms with E-state index in [1.54, 1.807) is 0 Å². The minimum absolute atomic E-state index is 0.212. The van der Waals surface area contributed by atoms with Crippen LogP contribution in [0.25, 0.3) is 10.8 Å². The van der Waals surface area contributed by atoms with Crippen LogP contribution in [0.1, 0.15) is 18.6 Å². The van der Waals surface area contributed by atoms with E-state index in [1.807, 2.05) is 49.4 Å². The lowest BCUT2D eigenvalue weighted by atomic mass is 10.0. The summed E-state index contributed by atoms with van der Waals surface area (Å²) in [6.07, 6.45) is -0.212. The van der Waals surface area contributed by atoms with E-state index in [0.29, 0.717) is 0 Å². The van der Waals surface area contributed by atoms with E-state index >= 15 is 0 Å². The van der Waals surface area contributed by atoms with E-state index in [1.165, 1.54) is 5.39 Å². The monoisotopic (exact) mass is 230 g/mol. The van der Waals surface area contributed by atoms with Gasteiger partial charge in [-0.15, -0.1) is 0 Å². The zero-order chi connectivity index (χ0) is 12.3. The third kappa shape index (κ3) is 2.82.